The topological polar surface area (TPSA) is 55.4 Å². The Morgan fingerprint density at radius 2 is 1.79 bits per heavy atom. The van der Waals surface area contributed by atoms with Crippen LogP contribution < -0.4 is 10.1 Å². The van der Waals surface area contributed by atoms with E-state index in [9.17, 15) is 14.0 Å². The van der Waals surface area contributed by atoms with Crippen LogP contribution in [0.15, 0.2) is 48.5 Å². The van der Waals surface area contributed by atoms with Crippen LogP contribution in [0, 0.1) is 5.82 Å². The summed E-state index contributed by atoms with van der Waals surface area (Å²) in [5.74, 6) is -0.229. The van der Waals surface area contributed by atoms with Gasteiger partial charge in [-0.3, -0.25) is 9.59 Å². The molecular formula is C19H18FNO3. The molecule has 0 unspecified atom stereocenters. The zero-order valence-electron chi connectivity index (χ0n) is 13.5. The maximum absolute atomic E-state index is 12.8. The molecule has 0 bridgehead atoms. The summed E-state index contributed by atoms with van der Waals surface area (Å²) < 4.78 is 18.5. The van der Waals surface area contributed by atoms with Gasteiger partial charge in [0.25, 0.3) is 0 Å². The highest BCUT2D eigenvalue weighted by Gasteiger charge is 2.09. The van der Waals surface area contributed by atoms with E-state index in [1.165, 1.54) is 18.2 Å². The number of amides is 1. The van der Waals surface area contributed by atoms with Gasteiger partial charge in [0.05, 0.1) is 11.8 Å². The van der Waals surface area contributed by atoms with Crippen molar-refractivity contribution in [3.05, 3.63) is 65.5 Å². The maximum Gasteiger partial charge on any atom is 0.248 e. The summed E-state index contributed by atoms with van der Waals surface area (Å²) in [6, 6.07) is 10.6. The standard InChI is InChI=1S/C19H18FNO3/c1-13(2)24-18-9-5-15(12-22)11-17(18)21-19(23)10-6-14-3-7-16(20)8-4-14/h3-13H,1-2H3,(H,21,23)/b10-6+. The van der Waals surface area contributed by atoms with Gasteiger partial charge < -0.3 is 10.1 Å². The molecular weight excluding hydrogens is 309 g/mol. The van der Waals surface area contributed by atoms with Crippen molar-refractivity contribution in [2.45, 2.75) is 20.0 Å². The van der Waals surface area contributed by atoms with Gasteiger partial charge in [-0.1, -0.05) is 12.1 Å². The van der Waals surface area contributed by atoms with Crippen molar-refractivity contribution in [2.75, 3.05) is 5.32 Å². The number of benzene rings is 2. The van der Waals surface area contributed by atoms with Crippen LogP contribution in [0.1, 0.15) is 29.8 Å². The van der Waals surface area contributed by atoms with Gasteiger partial charge in [-0.25, -0.2) is 4.39 Å². The van der Waals surface area contributed by atoms with Crippen molar-refractivity contribution < 1.29 is 18.7 Å². The SMILES string of the molecule is CC(C)Oc1ccc(C=O)cc1NC(=O)/C=C/c1ccc(F)cc1. The smallest absolute Gasteiger partial charge is 0.248 e. The van der Waals surface area contributed by atoms with Crippen molar-refractivity contribution >= 4 is 24.0 Å². The van der Waals surface area contributed by atoms with Crippen molar-refractivity contribution in [2.24, 2.45) is 0 Å². The number of hydrogen-bond acceptors (Lipinski definition) is 3. The minimum atomic E-state index is -0.379. The van der Waals surface area contributed by atoms with E-state index in [0.29, 0.717) is 28.8 Å². The Morgan fingerprint density at radius 1 is 1.12 bits per heavy atom. The number of halogens is 1. The highest BCUT2D eigenvalue weighted by Crippen LogP contribution is 2.26. The molecule has 2 aromatic carbocycles. The van der Waals surface area contributed by atoms with E-state index < -0.39 is 0 Å². The van der Waals surface area contributed by atoms with Gasteiger partial charge in [-0.05, 0) is 55.8 Å². The second-order valence-electron chi connectivity index (χ2n) is 5.41. The molecule has 0 spiro atoms. The summed E-state index contributed by atoms with van der Waals surface area (Å²) in [7, 11) is 0. The number of nitrogens with one attached hydrogen (secondary N) is 1. The fraction of sp³-hybridized carbons (Fsp3) is 0.158. The second kappa shape index (κ2) is 8.06. The zero-order valence-corrected chi connectivity index (χ0v) is 13.5. The summed E-state index contributed by atoms with van der Waals surface area (Å²) in [4.78, 5) is 23.0. The summed E-state index contributed by atoms with van der Waals surface area (Å²) in [6.07, 6.45) is 3.53. The number of aldehydes is 1. The molecule has 0 aromatic heterocycles. The molecule has 0 fully saturated rings. The summed E-state index contributed by atoms with van der Waals surface area (Å²) >= 11 is 0. The van der Waals surface area contributed by atoms with Crippen molar-refractivity contribution in [3.63, 3.8) is 0 Å². The summed E-state index contributed by atoms with van der Waals surface area (Å²) in [5, 5.41) is 2.69. The van der Waals surface area contributed by atoms with E-state index in [4.69, 9.17) is 4.74 Å². The quantitative estimate of drug-likeness (QED) is 0.642. The van der Waals surface area contributed by atoms with E-state index in [1.54, 1.807) is 36.4 Å². The molecule has 0 aliphatic heterocycles. The predicted octanol–water partition coefficient (Wildman–Crippen LogP) is 4.08. The first kappa shape index (κ1) is 17.4. The van der Waals surface area contributed by atoms with Crippen LogP contribution in [0.3, 0.4) is 0 Å². The molecule has 0 saturated carbocycles. The van der Waals surface area contributed by atoms with Crippen LogP contribution in [-0.2, 0) is 4.79 Å². The van der Waals surface area contributed by atoms with Gasteiger partial charge in [0.2, 0.25) is 5.91 Å². The molecule has 0 saturated heterocycles. The van der Waals surface area contributed by atoms with Crippen molar-refractivity contribution in [1.82, 2.24) is 0 Å². The number of carbonyl (C=O) groups excluding carboxylic acids is 2. The molecule has 0 aliphatic rings. The Kier molecular flexibility index (Phi) is 5.84. The summed E-state index contributed by atoms with van der Waals surface area (Å²) in [5.41, 5.74) is 1.55. The van der Waals surface area contributed by atoms with Gasteiger partial charge in [0, 0.05) is 11.6 Å². The van der Waals surface area contributed by atoms with E-state index in [-0.39, 0.29) is 17.8 Å². The van der Waals surface area contributed by atoms with Crippen LogP contribution in [0.4, 0.5) is 10.1 Å². The molecule has 0 heterocycles. The first-order valence-corrected chi connectivity index (χ1v) is 7.48. The molecule has 0 radical (unpaired) electrons. The lowest BCUT2D eigenvalue weighted by Gasteiger charge is -2.14. The lowest BCUT2D eigenvalue weighted by atomic mass is 10.2. The Hall–Kier alpha value is -2.95. The number of hydrogen-bond donors (Lipinski definition) is 1. The first-order valence-electron chi connectivity index (χ1n) is 7.48. The third-order valence-corrected chi connectivity index (χ3v) is 3.06. The largest absolute Gasteiger partial charge is 0.489 e. The molecule has 0 aliphatic carbocycles. The Labute approximate surface area is 140 Å². The molecule has 2 aromatic rings. The first-order chi connectivity index (χ1) is 11.5. The highest BCUT2D eigenvalue weighted by molar-refractivity contribution is 6.03. The molecule has 1 N–H and O–H groups in total. The predicted molar refractivity (Wildman–Crippen MR) is 91.7 cm³/mol. The van der Waals surface area contributed by atoms with Crippen LogP contribution in [0.25, 0.3) is 6.08 Å². The summed E-state index contributed by atoms with van der Waals surface area (Å²) in [6.45, 7) is 3.74. The van der Waals surface area contributed by atoms with Crippen LogP contribution >= 0.6 is 0 Å². The minimum Gasteiger partial charge on any atom is -0.489 e. The maximum atomic E-state index is 12.8. The number of carbonyl (C=O) groups is 2. The molecule has 2 rings (SSSR count). The average Bonchev–Trinajstić information content (AvgIpc) is 2.55. The number of rotatable bonds is 6. The fourth-order valence-electron chi connectivity index (χ4n) is 2.00. The fourth-order valence-corrected chi connectivity index (χ4v) is 2.00. The Balaban J connectivity index is 2.14. The van der Waals surface area contributed by atoms with Crippen LogP contribution in [-0.4, -0.2) is 18.3 Å². The third kappa shape index (κ3) is 5.05. The lowest BCUT2D eigenvalue weighted by molar-refractivity contribution is -0.111. The van der Waals surface area contributed by atoms with Gasteiger partial charge in [-0.15, -0.1) is 0 Å². The second-order valence-corrected chi connectivity index (χ2v) is 5.41. The van der Waals surface area contributed by atoms with Crippen molar-refractivity contribution in [3.8, 4) is 5.75 Å². The molecule has 0 atom stereocenters. The van der Waals surface area contributed by atoms with Crippen LogP contribution in [0.2, 0.25) is 0 Å². The molecule has 4 nitrogen and oxygen atoms in total. The van der Waals surface area contributed by atoms with E-state index in [1.807, 2.05) is 13.8 Å². The Morgan fingerprint density at radius 3 is 2.42 bits per heavy atom. The highest BCUT2D eigenvalue weighted by atomic mass is 19.1. The minimum absolute atomic E-state index is 0.0718. The third-order valence-electron chi connectivity index (χ3n) is 3.06. The number of anilines is 1. The normalized spacial score (nSPS) is 10.8. The van der Waals surface area contributed by atoms with Gasteiger partial charge >= 0.3 is 0 Å². The van der Waals surface area contributed by atoms with E-state index in [0.717, 1.165) is 0 Å². The molecule has 5 heteroatoms. The van der Waals surface area contributed by atoms with E-state index >= 15 is 0 Å². The Bertz CT molecular complexity index is 752. The zero-order chi connectivity index (χ0) is 17.5. The number of ether oxygens (including phenoxy) is 1. The van der Waals surface area contributed by atoms with Crippen molar-refractivity contribution in [1.29, 1.82) is 0 Å². The van der Waals surface area contributed by atoms with Crippen LogP contribution in [0.5, 0.6) is 5.75 Å². The molecule has 1 amide bonds. The molecule has 24 heavy (non-hydrogen) atoms. The monoisotopic (exact) mass is 327 g/mol. The average molecular weight is 327 g/mol. The van der Waals surface area contributed by atoms with E-state index in [2.05, 4.69) is 5.32 Å². The van der Waals surface area contributed by atoms with Gasteiger partial charge in [-0.2, -0.15) is 0 Å². The van der Waals surface area contributed by atoms with Gasteiger partial charge in [0.1, 0.15) is 17.9 Å². The van der Waals surface area contributed by atoms with Gasteiger partial charge in [0.15, 0.2) is 0 Å². The molecule has 124 valence electrons. The lowest BCUT2D eigenvalue weighted by Crippen LogP contribution is -2.12.